The molecular formula is C11H5Br4NO4. The van der Waals surface area contributed by atoms with Crippen LogP contribution in [0.25, 0.3) is 0 Å². The lowest BCUT2D eigenvalue weighted by molar-refractivity contribution is -0.172. The molecule has 20 heavy (non-hydrogen) atoms. The van der Waals surface area contributed by atoms with Gasteiger partial charge in [-0.15, -0.1) is 5.06 Å². The highest BCUT2D eigenvalue weighted by molar-refractivity contribution is 9.14. The fourth-order valence-electron chi connectivity index (χ4n) is 1.54. The molecule has 0 radical (unpaired) electrons. The Morgan fingerprint density at radius 1 is 1.00 bits per heavy atom. The topological polar surface area (TPSA) is 63.7 Å². The predicted molar refractivity (Wildman–Crippen MR) is 83.7 cm³/mol. The van der Waals surface area contributed by atoms with Crippen LogP contribution in [0.1, 0.15) is 23.2 Å². The summed E-state index contributed by atoms with van der Waals surface area (Å²) in [7, 11) is 0. The van der Waals surface area contributed by atoms with Gasteiger partial charge in [0.2, 0.25) is 0 Å². The summed E-state index contributed by atoms with van der Waals surface area (Å²) in [5.41, 5.74) is 0.166. The first-order valence-electron chi connectivity index (χ1n) is 5.24. The second kappa shape index (κ2) is 6.25. The lowest BCUT2D eigenvalue weighted by Gasteiger charge is -2.15. The molecule has 1 aromatic rings. The van der Waals surface area contributed by atoms with Crippen molar-refractivity contribution < 1.29 is 19.2 Å². The van der Waals surface area contributed by atoms with Crippen LogP contribution in [0, 0.1) is 0 Å². The van der Waals surface area contributed by atoms with Gasteiger partial charge in [-0.05, 0) is 69.8 Å². The lowest BCUT2D eigenvalue weighted by atomic mass is 10.2. The zero-order valence-corrected chi connectivity index (χ0v) is 15.9. The van der Waals surface area contributed by atoms with Gasteiger partial charge >= 0.3 is 5.97 Å². The van der Waals surface area contributed by atoms with Gasteiger partial charge in [0.15, 0.2) is 0 Å². The Morgan fingerprint density at radius 3 is 1.90 bits per heavy atom. The maximum absolute atomic E-state index is 12.2. The van der Waals surface area contributed by atoms with E-state index in [0.29, 0.717) is 23.0 Å². The first-order valence-corrected chi connectivity index (χ1v) is 8.41. The average Bonchev–Trinajstić information content (AvgIpc) is 2.68. The Morgan fingerprint density at radius 2 is 1.45 bits per heavy atom. The van der Waals surface area contributed by atoms with E-state index in [4.69, 9.17) is 4.84 Å². The van der Waals surface area contributed by atoms with Gasteiger partial charge in [-0.25, -0.2) is 4.79 Å². The van der Waals surface area contributed by atoms with Gasteiger partial charge in [0.1, 0.15) is 0 Å². The Kier molecular flexibility index (Phi) is 5.04. The van der Waals surface area contributed by atoms with Crippen LogP contribution in [0.4, 0.5) is 0 Å². The molecule has 0 aliphatic carbocycles. The standard InChI is InChI=1S/C11H5Br4NO4/c12-4-3-5(13)10(15)8(9(4)14)11(19)20-16-6(17)1-2-7(16)18/h3H,1-2H2. The quantitative estimate of drug-likeness (QED) is 0.426. The summed E-state index contributed by atoms with van der Waals surface area (Å²) in [5, 5.41) is 0.510. The highest BCUT2D eigenvalue weighted by Crippen LogP contribution is 2.38. The third-order valence-corrected chi connectivity index (χ3v) is 6.46. The van der Waals surface area contributed by atoms with Gasteiger partial charge in [-0.3, -0.25) is 9.59 Å². The predicted octanol–water partition coefficient (Wildman–Crippen LogP) is 3.96. The second-order valence-corrected chi connectivity index (χ2v) is 7.10. The minimum Gasteiger partial charge on any atom is -0.325 e. The van der Waals surface area contributed by atoms with Gasteiger partial charge in [0, 0.05) is 30.7 Å². The van der Waals surface area contributed by atoms with E-state index in [0.717, 1.165) is 0 Å². The van der Waals surface area contributed by atoms with Crippen LogP contribution in [0.15, 0.2) is 24.0 Å². The molecule has 0 saturated carbocycles. The molecule has 1 saturated heterocycles. The van der Waals surface area contributed by atoms with Crippen molar-refractivity contribution in [1.29, 1.82) is 0 Å². The number of amides is 2. The number of carbonyl (C=O) groups is 3. The maximum atomic E-state index is 12.2. The van der Waals surface area contributed by atoms with E-state index in [1.165, 1.54) is 0 Å². The Balaban J connectivity index is 2.35. The zero-order valence-electron chi connectivity index (χ0n) is 9.58. The van der Waals surface area contributed by atoms with Gasteiger partial charge < -0.3 is 4.84 Å². The normalized spacial score (nSPS) is 14.9. The number of benzene rings is 1. The second-order valence-electron chi connectivity index (χ2n) is 3.80. The molecule has 1 aliphatic heterocycles. The minimum absolute atomic E-state index is 0.0522. The monoisotopic (exact) mass is 531 g/mol. The van der Waals surface area contributed by atoms with Crippen molar-refractivity contribution in [3.05, 3.63) is 29.5 Å². The van der Waals surface area contributed by atoms with Crippen molar-refractivity contribution in [2.45, 2.75) is 12.8 Å². The Hall–Kier alpha value is -0.250. The largest absolute Gasteiger partial charge is 0.366 e. The molecule has 0 atom stereocenters. The van der Waals surface area contributed by atoms with Crippen molar-refractivity contribution in [2.75, 3.05) is 0 Å². The van der Waals surface area contributed by atoms with E-state index in [2.05, 4.69) is 63.7 Å². The fourth-order valence-corrected chi connectivity index (χ4v) is 3.92. The number of hydrogen-bond donors (Lipinski definition) is 0. The Bertz CT molecular complexity index is 589. The summed E-state index contributed by atoms with van der Waals surface area (Å²) in [6, 6.07) is 1.73. The maximum Gasteiger partial charge on any atom is 0.366 e. The Labute approximate surface area is 147 Å². The summed E-state index contributed by atoms with van der Waals surface area (Å²) in [4.78, 5) is 39.9. The van der Waals surface area contributed by atoms with Gasteiger partial charge in [0.25, 0.3) is 11.8 Å². The third-order valence-electron chi connectivity index (χ3n) is 2.50. The molecule has 2 rings (SSSR count). The number of rotatable bonds is 2. The van der Waals surface area contributed by atoms with E-state index >= 15 is 0 Å². The van der Waals surface area contributed by atoms with Crippen LogP contribution in [0.2, 0.25) is 0 Å². The first-order chi connectivity index (χ1) is 9.32. The lowest BCUT2D eigenvalue weighted by Crippen LogP contribution is -2.32. The number of imide groups is 1. The highest BCUT2D eigenvalue weighted by atomic mass is 79.9. The molecule has 1 fully saturated rings. The highest BCUT2D eigenvalue weighted by Gasteiger charge is 2.34. The summed E-state index contributed by atoms with van der Waals surface area (Å²) in [6.07, 6.45) is 0.104. The molecular weight excluding hydrogens is 530 g/mol. The summed E-state index contributed by atoms with van der Waals surface area (Å²) in [6.45, 7) is 0. The first kappa shape index (κ1) is 16.1. The van der Waals surface area contributed by atoms with E-state index in [1.807, 2.05) is 0 Å². The zero-order chi connectivity index (χ0) is 15.0. The van der Waals surface area contributed by atoms with E-state index in [-0.39, 0.29) is 18.4 Å². The fraction of sp³-hybridized carbons (Fsp3) is 0.182. The molecule has 1 aliphatic rings. The molecule has 9 heteroatoms. The third kappa shape index (κ3) is 3.00. The summed E-state index contributed by atoms with van der Waals surface area (Å²) in [5.74, 6) is -1.86. The molecule has 0 N–H and O–H groups in total. The number of nitrogens with zero attached hydrogens (tertiary/aromatic N) is 1. The summed E-state index contributed by atoms with van der Waals surface area (Å²) < 4.78 is 2.16. The number of hydroxylamine groups is 2. The minimum atomic E-state index is -0.811. The van der Waals surface area contributed by atoms with E-state index in [9.17, 15) is 14.4 Å². The van der Waals surface area contributed by atoms with Gasteiger partial charge in [-0.2, -0.15) is 0 Å². The van der Waals surface area contributed by atoms with E-state index in [1.54, 1.807) is 6.07 Å². The van der Waals surface area contributed by atoms with Crippen molar-refractivity contribution in [2.24, 2.45) is 0 Å². The van der Waals surface area contributed by atoms with Crippen molar-refractivity contribution >= 4 is 81.5 Å². The molecule has 0 aromatic heterocycles. The molecule has 0 spiro atoms. The molecule has 5 nitrogen and oxygen atoms in total. The van der Waals surface area contributed by atoms with Crippen molar-refractivity contribution in [3.63, 3.8) is 0 Å². The van der Waals surface area contributed by atoms with Crippen LogP contribution in [0.5, 0.6) is 0 Å². The number of hydrogen-bond acceptors (Lipinski definition) is 4. The molecule has 0 unspecified atom stereocenters. The van der Waals surface area contributed by atoms with Crippen LogP contribution in [-0.4, -0.2) is 22.8 Å². The summed E-state index contributed by atoms with van der Waals surface area (Å²) >= 11 is 13.1. The van der Waals surface area contributed by atoms with Crippen LogP contribution in [-0.2, 0) is 14.4 Å². The number of carbonyl (C=O) groups excluding carboxylic acids is 3. The average molecular weight is 535 g/mol. The van der Waals surface area contributed by atoms with Crippen LogP contribution >= 0.6 is 63.7 Å². The van der Waals surface area contributed by atoms with Crippen molar-refractivity contribution in [1.82, 2.24) is 5.06 Å². The molecule has 2 amide bonds. The molecule has 106 valence electrons. The van der Waals surface area contributed by atoms with Crippen LogP contribution < -0.4 is 0 Å². The van der Waals surface area contributed by atoms with Crippen LogP contribution in [0.3, 0.4) is 0 Å². The van der Waals surface area contributed by atoms with Crippen molar-refractivity contribution in [3.8, 4) is 0 Å². The van der Waals surface area contributed by atoms with Gasteiger partial charge in [0.05, 0.1) is 5.56 Å². The molecule has 1 heterocycles. The van der Waals surface area contributed by atoms with Gasteiger partial charge in [-0.1, -0.05) is 0 Å². The molecule has 0 bridgehead atoms. The van der Waals surface area contributed by atoms with E-state index < -0.39 is 17.8 Å². The smallest absolute Gasteiger partial charge is 0.325 e. The molecule has 1 aromatic carbocycles. The number of halogens is 4. The SMILES string of the molecule is O=C(ON1C(=O)CCC1=O)c1c(Br)c(Br)cc(Br)c1Br.